The number of hydrogen-bond donors (Lipinski definition) is 1. The molecule has 16 heavy (non-hydrogen) atoms. The van der Waals surface area contributed by atoms with Crippen LogP contribution in [0.25, 0.3) is 10.8 Å². The first-order chi connectivity index (χ1) is 7.92. The van der Waals surface area contributed by atoms with E-state index >= 15 is 0 Å². The molecule has 1 aromatic carbocycles. The van der Waals surface area contributed by atoms with Crippen LogP contribution in [0.2, 0.25) is 0 Å². The van der Waals surface area contributed by atoms with Crippen LogP contribution >= 0.6 is 0 Å². The van der Waals surface area contributed by atoms with E-state index in [0.29, 0.717) is 0 Å². The van der Waals surface area contributed by atoms with Gasteiger partial charge in [-0.25, -0.2) is 0 Å². The molecule has 0 atom stereocenters. The highest BCUT2D eigenvalue weighted by atomic mass is 14.8. The number of hydrogen-bond acceptors (Lipinski definition) is 2. The summed E-state index contributed by atoms with van der Waals surface area (Å²) in [6, 6.07) is 8.14. The van der Waals surface area contributed by atoms with Gasteiger partial charge in [0, 0.05) is 41.7 Å². The van der Waals surface area contributed by atoms with Gasteiger partial charge in [0.05, 0.1) is 0 Å². The molecule has 80 valence electrons. The van der Waals surface area contributed by atoms with E-state index in [1.54, 1.807) is 6.20 Å². The van der Waals surface area contributed by atoms with Gasteiger partial charge in [-0.3, -0.25) is 4.98 Å². The van der Waals surface area contributed by atoms with Crippen molar-refractivity contribution >= 4 is 10.8 Å². The molecule has 0 aliphatic rings. The van der Waals surface area contributed by atoms with Gasteiger partial charge < -0.3 is 5.32 Å². The third-order valence-electron chi connectivity index (χ3n) is 2.40. The largest absolute Gasteiger partial charge is 0.319 e. The maximum absolute atomic E-state index is 4.11. The highest BCUT2D eigenvalue weighted by Gasteiger charge is 1.96. The summed E-state index contributed by atoms with van der Waals surface area (Å²) < 4.78 is 0. The van der Waals surface area contributed by atoms with Crippen molar-refractivity contribution in [2.75, 3.05) is 13.6 Å². The van der Waals surface area contributed by atoms with Gasteiger partial charge in [0.2, 0.25) is 0 Å². The molecular weight excluding hydrogens is 196 g/mol. The van der Waals surface area contributed by atoms with Crippen molar-refractivity contribution in [1.29, 1.82) is 0 Å². The second kappa shape index (κ2) is 5.29. The summed E-state index contributed by atoms with van der Waals surface area (Å²) in [4.78, 5) is 4.11. The molecule has 1 heterocycles. The monoisotopic (exact) mass is 210 g/mol. The fraction of sp³-hybridized carbons (Fsp3) is 0.214. The van der Waals surface area contributed by atoms with Crippen molar-refractivity contribution in [3.05, 3.63) is 42.2 Å². The molecule has 0 saturated carbocycles. The summed E-state index contributed by atoms with van der Waals surface area (Å²) in [7, 11) is 1.94. The van der Waals surface area contributed by atoms with Crippen LogP contribution in [0.4, 0.5) is 0 Å². The van der Waals surface area contributed by atoms with Gasteiger partial charge in [-0.2, -0.15) is 0 Å². The van der Waals surface area contributed by atoms with Gasteiger partial charge in [0.15, 0.2) is 0 Å². The van der Waals surface area contributed by atoms with Crippen molar-refractivity contribution in [3.8, 4) is 11.8 Å². The molecule has 0 radical (unpaired) electrons. The molecule has 0 aliphatic heterocycles. The van der Waals surface area contributed by atoms with Crippen LogP contribution in [-0.2, 0) is 0 Å². The fourth-order valence-electron chi connectivity index (χ4n) is 1.58. The van der Waals surface area contributed by atoms with E-state index in [-0.39, 0.29) is 0 Å². The van der Waals surface area contributed by atoms with E-state index in [1.807, 2.05) is 25.4 Å². The number of nitrogens with zero attached hydrogens (tertiary/aromatic N) is 1. The Morgan fingerprint density at radius 3 is 3.12 bits per heavy atom. The van der Waals surface area contributed by atoms with E-state index in [1.165, 1.54) is 5.39 Å². The summed E-state index contributed by atoms with van der Waals surface area (Å²) in [5.41, 5.74) is 1.08. The Bertz CT molecular complexity index is 530. The second-order valence-electron chi connectivity index (χ2n) is 3.56. The summed E-state index contributed by atoms with van der Waals surface area (Å²) in [5.74, 6) is 6.37. The Labute approximate surface area is 95.7 Å². The van der Waals surface area contributed by atoms with E-state index < -0.39 is 0 Å². The van der Waals surface area contributed by atoms with Crippen LogP contribution in [0, 0.1) is 11.8 Å². The number of pyridine rings is 1. The first-order valence-corrected chi connectivity index (χ1v) is 5.38. The van der Waals surface area contributed by atoms with E-state index in [9.17, 15) is 0 Å². The first kappa shape index (κ1) is 10.7. The summed E-state index contributed by atoms with van der Waals surface area (Å²) in [6.07, 6.45) is 4.55. The molecule has 2 aromatic rings. The molecule has 0 spiro atoms. The maximum Gasteiger partial charge on any atom is 0.0346 e. The third kappa shape index (κ3) is 2.39. The lowest BCUT2D eigenvalue weighted by Gasteiger charge is -1.98. The van der Waals surface area contributed by atoms with Gasteiger partial charge in [0.25, 0.3) is 0 Å². The Morgan fingerprint density at radius 1 is 1.31 bits per heavy atom. The Balaban J connectivity index is 2.32. The lowest BCUT2D eigenvalue weighted by Crippen LogP contribution is -2.05. The lowest BCUT2D eigenvalue weighted by atomic mass is 10.1. The molecule has 1 aromatic heterocycles. The smallest absolute Gasteiger partial charge is 0.0346 e. The topological polar surface area (TPSA) is 24.9 Å². The van der Waals surface area contributed by atoms with Gasteiger partial charge >= 0.3 is 0 Å². The predicted octanol–water partition coefficient (Wildman–Crippen LogP) is 2.20. The summed E-state index contributed by atoms with van der Waals surface area (Å²) in [5, 5.41) is 5.40. The molecule has 0 saturated heterocycles. The number of benzene rings is 1. The van der Waals surface area contributed by atoms with E-state index in [4.69, 9.17) is 0 Å². The second-order valence-corrected chi connectivity index (χ2v) is 3.56. The standard InChI is InChI=1S/C14H14N2/c1-15-9-3-2-5-12-6-4-7-13-11-16-10-8-14(12)13/h4,6-8,10-11,15H,3,9H2,1H3. The highest BCUT2D eigenvalue weighted by Crippen LogP contribution is 2.16. The molecular formula is C14H14N2. The van der Waals surface area contributed by atoms with E-state index in [0.717, 1.165) is 23.9 Å². The third-order valence-corrected chi connectivity index (χ3v) is 2.40. The molecule has 2 heteroatoms. The highest BCUT2D eigenvalue weighted by molar-refractivity contribution is 5.87. The molecule has 0 amide bonds. The van der Waals surface area contributed by atoms with Crippen LogP contribution in [0.15, 0.2) is 36.7 Å². The van der Waals surface area contributed by atoms with Crippen molar-refractivity contribution in [2.24, 2.45) is 0 Å². The lowest BCUT2D eigenvalue weighted by molar-refractivity contribution is 0.818. The Morgan fingerprint density at radius 2 is 2.25 bits per heavy atom. The SMILES string of the molecule is CNCCC#Cc1cccc2cnccc12. The number of aromatic nitrogens is 1. The zero-order valence-electron chi connectivity index (χ0n) is 9.33. The molecule has 0 bridgehead atoms. The Kier molecular flexibility index (Phi) is 3.53. The predicted molar refractivity (Wildman–Crippen MR) is 67.2 cm³/mol. The van der Waals surface area contributed by atoms with Crippen molar-refractivity contribution in [3.63, 3.8) is 0 Å². The molecule has 1 N–H and O–H groups in total. The summed E-state index contributed by atoms with van der Waals surface area (Å²) >= 11 is 0. The van der Waals surface area contributed by atoms with Crippen LogP contribution in [0.3, 0.4) is 0 Å². The quantitative estimate of drug-likeness (QED) is 0.607. The van der Waals surface area contributed by atoms with Crippen LogP contribution < -0.4 is 5.32 Å². The summed E-state index contributed by atoms with van der Waals surface area (Å²) in [6.45, 7) is 0.930. The average Bonchev–Trinajstić information content (AvgIpc) is 2.35. The van der Waals surface area contributed by atoms with Crippen molar-refractivity contribution in [1.82, 2.24) is 10.3 Å². The normalized spacial score (nSPS) is 9.81. The zero-order valence-corrected chi connectivity index (χ0v) is 9.33. The average molecular weight is 210 g/mol. The molecule has 0 aliphatic carbocycles. The number of fused-ring (bicyclic) bond motifs is 1. The van der Waals surface area contributed by atoms with Crippen molar-refractivity contribution in [2.45, 2.75) is 6.42 Å². The maximum atomic E-state index is 4.11. The van der Waals surface area contributed by atoms with Gasteiger partial charge in [-0.15, -0.1) is 0 Å². The van der Waals surface area contributed by atoms with Gasteiger partial charge in [0.1, 0.15) is 0 Å². The van der Waals surface area contributed by atoms with Gasteiger partial charge in [-0.1, -0.05) is 24.0 Å². The minimum absolute atomic E-state index is 0.873. The number of rotatable bonds is 2. The molecule has 2 rings (SSSR count). The Hall–Kier alpha value is -1.85. The van der Waals surface area contributed by atoms with E-state index in [2.05, 4.69) is 34.3 Å². The molecule has 2 nitrogen and oxygen atoms in total. The van der Waals surface area contributed by atoms with Crippen LogP contribution in [-0.4, -0.2) is 18.6 Å². The fourth-order valence-corrected chi connectivity index (χ4v) is 1.58. The minimum Gasteiger partial charge on any atom is -0.319 e. The minimum atomic E-state index is 0.873. The molecule has 0 fully saturated rings. The zero-order chi connectivity index (χ0) is 11.2. The van der Waals surface area contributed by atoms with Gasteiger partial charge in [-0.05, 0) is 19.2 Å². The van der Waals surface area contributed by atoms with Crippen LogP contribution in [0.5, 0.6) is 0 Å². The van der Waals surface area contributed by atoms with Crippen molar-refractivity contribution < 1.29 is 0 Å². The van der Waals surface area contributed by atoms with Crippen LogP contribution in [0.1, 0.15) is 12.0 Å². The number of nitrogens with one attached hydrogen (secondary N) is 1. The first-order valence-electron chi connectivity index (χ1n) is 5.38. The molecule has 0 unspecified atom stereocenters.